The van der Waals surface area contributed by atoms with Crippen molar-refractivity contribution in [2.24, 2.45) is 0 Å². The fourth-order valence-electron chi connectivity index (χ4n) is 0.702. The van der Waals surface area contributed by atoms with Crippen molar-refractivity contribution in [1.82, 2.24) is 0 Å². The molecule has 0 amide bonds. The molecule has 0 unspecified atom stereocenters. The first-order valence-electron chi connectivity index (χ1n) is 3.15. The Kier molecular flexibility index (Phi) is 3.37. The van der Waals surface area contributed by atoms with E-state index in [4.69, 9.17) is 15.3 Å². The van der Waals surface area contributed by atoms with Gasteiger partial charge in [0, 0.05) is 18.4 Å². The van der Waals surface area contributed by atoms with Crippen molar-refractivity contribution in [2.75, 3.05) is 0 Å². The quantitative estimate of drug-likeness (QED) is 0.462. The van der Waals surface area contributed by atoms with Gasteiger partial charge in [0.25, 0.3) is 5.97 Å². The van der Waals surface area contributed by atoms with Crippen LogP contribution in [0.4, 0.5) is 0 Å². The van der Waals surface area contributed by atoms with Crippen LogP contribution in [-0.4, -0.2) is 38.8 Å². The topological polar surface area (TPSA) is 135 Å². The predicted molar refractivity (Wildman–Crippen MR) is 34.9 cm³/mol. The fraction of sp³-hybridized carbons (Fsp3) is 0.500. The van der Waals surface area contributed by atoms with Crippen molar-refractivity contribution in [3.8, 4) is 0 Å². The second-order valence-corrected chi connectivity index (χ2v) is 2.44. The molecule has 0 aliphatic heterocycles. The molecular weight excluding hydrogens is 184 g/mol. The van der Waals surface area contributed by atoms with Gasteiger partial charge in [0.2, 0.25) is 0 Å². The number of aliphatic carboxylic acids is 3. The lowest BCUT2D eigenvalue weighted by Gasteiger charge is -2.32. The smallest absolute Gasteiger partial charge is 0.303 e. The van der Waals surface area contributed by atoms with E-state index in [0.717, 1.165) is 0 Å². The van der Waals surface area contributed by atoms with Gasteiger partial charge in [-0.25, -0.2) is 0 Å². The molecule has 0 heterocycles. The molecule has 0 radical (unpaired) electrons. The van der Waals surface area contributed by atoms with Gasteiger partial charge in [-0.3, -0.25) is 14.4 Å². The highest BCUT2D eigenvalue weighted by atomic mass is 16.4. The van der Waals surface area contributed by atoms with Crippen LogP contribution in [0.15, 0.2) is 0 Å². The normalized spacial score (nSPS) is 10.8. The Bertz CT molecular complexity index is 227. The monoisotopic (exact) mass is 191 g/mol. The SMILES string of the molecule is O=C(O)CC([O-])(CC(=O)O)C(=O)O. The number of carboxylic acids is 3. The van der Waals surface area contributed by atoms with Gasteiger partial charge in [-0.1, -0.05) is 0 Å². The van der Waals surface area contributed by atoms with Crippen LogP contribution >= 0.6 is 0 Å². The molecular formula is C6H7O7-. The van der Waals surface area contributed by atoms with E-state index in [1.165, 1.54) is 0 Å². The van der Waals surface area contributed by atoms with Gasteiger partial charge in [0.1, 0.15) is 0 Å². The highest BCUT2D eigenvalue weighted by molar-refractivity contribution is 5.87. The summed E-state index contributed by atoms with van der Waals surface area (Å²) in [5, 5.41) is 35.7. The second-order valence-electron chi connectivity index (χ2n) is 2.44. The van der Waals surface area contributed by atoms with E-state index in [9.17, 15) is 19.5 Å². The lowest BCUT2D eigenvalue weighted by Crippen LogP contribution is -2.54. The summed E-state index contributed by atoms with van der Waals surface area (Å²) in [6, 6.07) is 0. The third-order valence-corrected chi connectivity index (χ3v) is 1.26. The molecule has 0 saturated heterocycles. The maximum Gasteiger partial charge on any atom is 0.303 e. The zero-order chi connectivity index (χ0) is 10.6. The third kappa shape index (κ3) is 3.52. The van der Waals surface area contributed by atoms with Crippen LogP contribution in [0.1, 0.15) is 12.8 Å². The number of hydrogen-bond donors (Lipinski definition) is 3. The Morgan fingerprint density at radius 1 is 1.00 bits per heavy atom. The van der Waals surface area contributed by atoms with Gasteiger partial charge in [-0.2, -0.15) is 0 Å². The van der Waals surface area contributed by atoms with Crippen molar-refractivity contribution in [1.29, 1.82) is 0 Å². The number of rotatable bonds is 5. The number of carboxylic acid groups (broad SMARTS) is 3. The van der Waals surface area contributed by atoms with Crippen LogP contribution in [0.3, 0.4) is 0 Å². The van der Waals surface area contributed by atoms with Gasteiger partial charge in [-0.15, -0.1) is 0 Å². The molecule has 0 saturated carbocycles. The van der Waals surface area contributed by atoms with Crippen LogP contribution < -0.4 is 5.11 Å². The van der Waals surface area contributed by atoms with Crippen molar-refractivity contribution >= 4 is 17.9 Å². The Morgan fingerprint density at radius 3 is 1.46 bits per heavy atom. The lowest BCUT2D eigenvalue weighted by molar-refractivity contribution is -0.460. The van der Waals surface area contributed by atoms with E-state index in [2.05, 4.69) is 0 Å². The van der Waals surface area contributed by atoms with Crippen LogP contribution in [0.5, 0.6) is 0 Å². The molecule has 13 heavy (non-hydrogen) atoms. The molecule has 7 heteroatoms. The first-order valence-corrected chi connectivity index (χ1v) is 3.15. The number of carbonyl (C=O) groups is 3. The minimum absolute atomic E-state index is 1.26. The van der Waals surface area contributed by atoms with Crippen molar-refractivity contribution < 1.29 is 34.8 Å². The first-order chi connectivity index (χ1) is 5.78. The molecule has 0 fully saturated rings. The summed E-state index contributed by atoms with van der Waals surface area (Å²) in [7, 11) is 0. The molecule has 0 rings (SSSR count). The fourth-order valence-corrected chi connectivity index (χ4v) is 0.702. The molecule has 0 atom stereocenters. The molecule has 0 aromatic rings. The average Bonchev–Trinajstić information content (AvgIpc) is 1.82. The molecule has 0 aliphatic carbocycles. The molecule has 3 N–H and O–H groups in total. The maximum absolute atomic E-state index is 11.1. The lowest BCUT2D eigenvalue weighted by atomic mass is 9.96. The highest BCUT2D eigenvalue weighted by Crippen LogP contribution is 2.11. The molecule has 0 bridgehead atoms. The van der Waals surface area contributed by atoms with E-state index in [-0.39, 0.29) is 0 Å². The minimum Gasteiger partial charge on any atom is -0.840 e. The summed E-state index contributed by atoms with van der Waals surface area (Å²) in [6.07, 6.45) is -2.51. The average molecular weight is 191 g/mol. The standard InChI is InChI=1S/C6H7O7/c7-3(8)1-6(13,5(11)12)2-4(9)10/h1-2H2,(H,7,8)(H,9,10)(H,11,12)/q-1. The number of hydrogen-bond acceptors (Lipinski definition) is 4. The zero-order valence-corrected chi connectivity index (χ0v) is 6.39. The largest absolute Gasteiger partial charge is 0.840 e. The van der Waals surface area contributed by atoms with Crippen LogP contribution in [0, 0.1) is 0 Å². The Hall–Kier alpha value is -1.63. The first kappa shape index (κ1) is 11.4. The van der Waals surface area contributed by atoms with Crippen molar-refractivity contribution in [3.05, 3.63) is 0 Å². The van der Waals surface area contributed by atoms with Crippen molar-refractivity contribution in [2.45, 2.75) is 18.4 Å². The zero-order valence-electron chi connectivity index (χ0n) is 6.39. The minimum atomic E-state index is -2.99. The van der Waals surface area contributed by atoms with E-state index >= 15 is 0 Å². The second kappa shape index (κ2) is 3.85. The van der Waals surface area contributed by atoms with Crippen LogP contribution in [0.2, 0.25) is 0 Å². The van der Waals surface area contributed by atoms with Gasteiger partial charge in [0.15, 0.2) is 0 Å². The Balaban J connectivity index is 4.62. The van der Waals surface area contributed by atoms with Gasteiger partial charge < -0.3 is 20.4 Å². The van der Waals surface area contributed by atoms with Crippen molar-refractivity contribution in [3.63, 3.8) is 0 Å². The van der Waals surface area contributed by atoms with Crippen LogP contribution in [0.25, 0.3) is 0 Å². The molecule has 7 nitrogen and oxygen atoms in total. The summed E-state index contributed by atoms with van der Waals surface area (Å²) in [5.74, 6) is -5.26. The maximum atomic E-state index is 11.1. The summed E-state index contributed by atoms with van der Waals surface area (Å²) >= 11 is 0. The predicted octanol–water partition coefficient (Wildman–Crippen LogP) is -1.88. The Labute approximate surface area is 72.2 Å². The molecule has 0 aromatic heterocycles. The Morgan fingerprint density at radius 2 is 1.31 bits per heavy atom. The van der Waals surface area contributed by atoms with E-state index < -0.39 is 36.4 Å². The van der Waals surface area contributed by atoms with Gasteiger partial charge >= 0.3 is 11.9 Å². The molecule has 0 aliphatic rings. The van der Waals surface area contributed by atoms with E-state index in [1.807, 2.05) is 0 Å². The van der Waals surface area contributed by atoms with E-state index in [1.54, 1.807) is 0 Å². The molecule has 74 valence electrons. The third-order valence-electron chi connectivity index (χ3n) is 1.26. The molecule has 0 spiro atoms. The summed E-state index contributed by atoms with van der Waals surface area (Å²) in [4.78, 5) is 30.3. The van der Waals surface area contributed by atoms with Gasteiger partial charge in [-0.05, 0) is 0 Å². The molecule has 0 aromatic carbocycles. The van der Waals surface area contributed by atoms with Gasteiger partial charge in [0.05, 0.1) is 0 Å². The summed E-state index contributed by atoms with van der Waals surface area (Å²) < 4.78 is 0. The van der Waals surface area contributed by atoms with E-state index in [0.29, 0.717) is 0 Å². The highest BCUT2D eigenvalue weighted by Gasteiger charge is 2.31. The summed E-state index contributed by atoms with van der Waals surface area (Å²) in [5.41, 5.74) is -2.99. The van der Waals surface area contributed by atoms with Crippen LogP contribution in [-0.2, 0) is 14.4 Å². The summed E-state index contributed by atoms with van der Waals surface area (Å²) in [6.45, 7) is 0.